The van der Waals surface area contributed by atoms with Crippen molar-refractivity contribution in [3.63, 3.8) is 0 Å². The van der Waals surface area contributed by atoms with E-state index in [9.17, 15) is 14.9 Å². The van der Waals surface area contributed by atoms with E-state index >= 15 is 0 Å². The molecule has 0 saturated heterocycles. The van der Waals surface area contributed by atoms with Crippen molar-refractivity contribution in [2.45, 2.75) is 6.54 Å². The zero-order valence-electron chi connectivity index (χ0n) is 12.3. The van der Waals surface area contributed by atoms with Gasteiger partial charge < -0.3 is 20.0 Å². The first-order chi connectivity index (χ1) is 11.5. The van der Waals surface area contributed by atoms with Crippen molar-refractivity contribution < 1.29 is 4.92 Å². The fourth-order valence-electron chi connectivity index (χ4n) is 2.48. The number of nitrogens with one attached hydrogen (secondary N) is 1. The molecule has 0 bridgehead atoms. The topological polar surface area (TPSA) is 109 Å². The molecule has 11 heteroatoms. The molecule has 4 aromatic rings. The molecule has 4 heterocycles. The minimum absolute atomic E-state index is 0.104. The molecule has 0 unspecified atom stereocenters. The molecule has 0 aliphatic heterocycles. The van der Waals surface area contributed by atoms with E-state index in [2.05, 4.69) is 15.0 Å². The second-order valence-electron chi connectivity index (χ2n) is 5.08. The van der Waals surface area contributed by atoms with Gasteiger partial charge in [0.25, 0.3) is 10.5 Å². The molecular formula is C13H10N6O3S2. The Labute approximate surface area is 142 Å². The quantitative estimate of drug-likeness (QED) is 0.440. The number of aromatic amines is 1. The van der Waals surface area contributed by atoms with Gasteiger partial charge in [-0.25, -0.2) is 4.98 Å². The van der Waals surface area contributed by atoms with Gasteiger partial charge in [0.1, 0.15) is 16.7 Å². The van der Waals surface area contributed by atoms with Crippen molar-refractivity contribution in [2.75, 3.05) is 11.9 Å². The molecule has 4 aromatic heterocycles. The van der Waals surface area contributed by atoms with E-state index in [1.54, 1.807) is 35.0 Å². The highest BCUT2D eigenvalue weighted by molar-refractivity contribution is 7.17. The minimum atomic E-state index is -0.462. The molecule has 0 saturated carbocycles. The number of imidazole rings is 1. The van der Waals surface area contributed by atoms with Gasteiger partial charge >= 0.3 is 5.82 Å². The molecule has 0 fully saturated rings. The van der Waals surface area contributed by atoms with Gasteiger partial charge in [-0.05, 0) is 16.4 Å². The molecule has 1 N–H and O–H groups in total. The van der Waals surface area contributed by atoms with Crippen LogP contribution in [-0.4, -0.2) is 31.3 Å². The Bertz CT molecular complexity index is 1120. The van der Waals surface area contributed by atoms with Gasteiger partial charge in [0.05, 0.1) is 12.1 Å². The van der Waals surface area contributed by atoms with Crippen LogP contribution in [-0.2, 0) is 6.54 Å². The third-order valence-electron chi connectivity index (χ3n) is 3.50. The Kier molecular flexibility index (Phi) is 3.32. The van der Waals surface area contributed by atoms with E-state index in [1.807, 2.05) is 0 Å². The average molecular weight is 362 g/mol. The van der Waals surface area contributed by atoms with Crippen molar-refractivity contribution >= 4 is 49.5 Å². The van der Waals surface area contributed by atoms with Crippen LogP contribution in [0.15, 0.2) is 27.8 Å². The van der Waals surface area contributed by atoms with Gasteiger partial charge in [-0.3, -0.25) is 4.79 Å². The van der Waals surface area contributed by atoms with Gasteiger partial charge in [0.2, 0.25) is 5.82 Å². The predicted molar refractivity (Wildman–Crippen MR) is 92.1 cm³/mol. The molecular weight excluding hydrogens is 352 g/mol. The summed E-state index contributed by atoms with van der Waals surface area (Å²) < 4.78 is 2.00. The fourth-order valence-corrected chi connectivity index (χ4v) is 3.91. The van der Waals surface area contributed by atoms with E-state index in [1.165, 1.54) is 27.1 Å². The van der Waals surface area contributed by atoms with Crippen LogP contribution < -0.4 is 10.5 Å². The Balaban J connectivity index is 1.74. The SMILES string of the molecule is CN(Cc1nc2ccsc2c(=O)[nH]1)c1nc2sccn2c1[N+](=O)[O-]. The molecule has 0 radical (unpaired) electrons. The Morgan fingerprint density at radius 3 is 3.00 bits per heavy atom. The highest BCUT2D eigenvalue weighted by Gasteiger charge is 2.26. The standard InChI is InChI=1S/C13H10N6O3S2/c1-17(6-8-14-7-2-4-23-9(7)11(20)15-8)10-12(19(21)22)18-3-5-24-13(18)16-10/h2-5H,6H2,1H3,(H,14,15,20). The van der Waals surface area contributed by atoms with Crippen molar-refractivity contribution in [1.82, 2.24) is 19.4 Å². The third-order valence-corrected chi connectivity index (χ3v) is 5.16. The highest BCUT2D eigenvalue weighted by atomic mass is 32.1. The summed E-state index contributed by atoms with van der Waals surface area (Å²) in [7, 11) is 1.68. The number of nitrogens with zero attached hydrogens (tertiary/aromatic N) is 5. The number of thiophene rings is 1. The van der Waals surface area contributed by atoms with Crippen molar-refractivity contribution in [1.29, 1.82) is 0 Å². The molecule has 0 aromatic carbocycles. The van der Waals surface area contributed by atoms with Crippen molar-refractivity contribution in [3.05, 3.63) is 49.3 Å². The van der Waals surface area contributed by atoms with Gasteiger partial charge in [-0.2, -0.15) is 9.38 Å². The van der Waals surface area contributed by atoms with Crippen LogP contribution in [0.2, 0.25) is 0 Å². The lowest BCUT2D eigenvalue weighted by Crippen LogP contribution is -2.22. The summed E-state index contributed by atoms with van der Waals surface area (Å²) in [5, 5.41) is 14.9. The Morgan fingerprint density at radius 2 is 2.21 bits per heavy atom. The van der Waals surface area contributed by atoms with Gasteiger partial charge in [0, 0.05) is 12.4 Å². The number of rotatable bonds is 4. The summed E-state index contributed by atoms with van der Waals surface area (Å²) in [6, 6.07) is 1.77. The molecule has 0 aliphatic rings. The average Bonchev–Trinajstić information content (AvgIpc) is 3.20. The normalized spacial score (nSPS) is 11.4. The Hall–Kier alpha value is -2.79. The van der Waals surface area contributed by atoms with Gasteiger partial charge in [-0.1, -0.05) is 11.3 Å². The van der Waals surface area contributed by atoms with Crippen LogP contribution in [0.4, 0.5) is 11.6 Å². The van der Waals surface area contributed by atoms with E-state index in [0.29, 0.717) is 21.0 Å². The zero-order valence-corrected chi connectivity index (χ0v) is 13.9. The molecule has 0 amide bonds. The van der Waals surface area contributed by atoms with E-state index in [4.69, 9.17) is 0 Å². The van der Waals surface area contributed by atoms with Crippen LogP contribution in [0.3, 0.4) is 0 Å². The first-order valence-electron chi connectivity index (χ1n) is 6.82. The summed E-state index contributed by atoms with van der Waals surface area (Å²) in [6.07, 6.45) is 1.61. The molecule has 0 aliphatic carbocycles. The first-order valence-corrected chi connectivity index (χ1v) is 8.58. The van der Waals surface area contributed by atoms with Crippen LogP contribution in [0.5, 0.6) is 0 Å². The van der Waals surface area contributed by atoms with E-state index in [-0.39, 0.29) is 23.7 Å². The zero-order chi connectivity index (χ0) is 16.8. The number of thiazole rings is 1. The maximum Gasteiger partial charge on any atom is 0.373 e. The molecule has 122 valence electrons. The summed E-state index contributed by atoms with van der Waals surface area (Å²) in [6.45, 7) is 0.201. The lowest BCUT2D eigenvalue weighted by Gasteiger charge is -2.15. The summed E-state index contributed by atoms with van der Waals surface area (Å²) in [5.74, 6) is 0.562. The summed E-state index contributed by atoms with van der Waals surface area (Å²) in [4.78, 5) is 36.5. The van der Waals surface area contributed by atoms with Crippen LogP contribution in [0, 0.1) is 10.1 Å². The second kappa shape index (κ2) is 5.39. The second-order valence-corrected chi connectivity index (χ2v) is 6.86. The molecule has 9 nitrogen and oxygen atoms in total. The largest absolute Gasteiger partial charge is 0.373 e. The van der Waals surface area contributed by atoms with Crippen LogP contribution in [0.1, 0.15) is 5.82 Å². The number of nitro groups is 1. The lowest BCUT2D eigenvalue weighted by molar-refractivity contribution is -0.389. The number of hydrogen-bond acceptors (Lipinski definition) is 8. The summed E-state index contributed by atoms with van der Waals surface area (Å²) >= 11 is 2.64. The molecule has 24 heavy (non-hydrogen) atoms. The predicted octanol–water partition coefficient (Wildman–Crippen LogP) is 2.24. The number of fused-ring (bicyclic) bond motifs is 2. The monoisotopic (exact) mass is 362 g/mol. The highest BCUT2D eigenvalue weighted by Crippen LogP contribution is 2.30. The van der Waals surface area contributed by atoms with Gasteiger partial charge in [0.15, 0.2) is 0 Å². The summed E-state index contributed by atoms with van der Waals surface area (Å²) in [5.41, 5.74) is 0.409. The van der Waals surface area contributed by atoms with E-state index < -0.39 is 4.92 Å². The maximum atomic E-state index is 12.0. The van der Waals surface area contributed by atoms with Crippen molar-refractivity contribution in [2.24, 2.45) is 0 Å². The van der Waals surface area contributed by atoms with Crippen LogP contribution in [0.25, 0.3) is 15.2 Å². The van der Waals surface area contributed by atoms with E-state index in [0.717, 1.165) is 0 Å². The molecule has 0 atom stereocenters. The van der Waals surface area contributed by atoms with Gasteiger partial charge in [-0.15, -0.1) is 11.3 Å². The minimum Gasteiger partial charge on any atom is -0.358 e. The number of hydrogen-bond donors (Lipinski definition) is 1. The lowest BCUT2D eigenvalue weighted by atomic mass is 10.4. The molecule has 4 rings (SSSR count). The maximum absolute atomic E-state index is 12.0. The van der Waals surface area contributed by atoms with Crippen LogP contribution >= 0.6 is 22.7 Å². The fraction of sp³-hybridized carbons (Fsp3) is 0.154. The van der Waals surface area contributed by atoms with Crippen molar-refractivity contribution in [3.8, 4) is 0 Å². The Morgan fingerprint density at radius 1 is 1.38 bits per heavy atom. The number of aromatic nitrogens is 4. The molecule has 0 spiro atoms. The third kappa shape index (κ3) is 2.25. The number of H-pyrrole nitrogens is 1. The number of anilines is 1. The first kappa shape index (κ1) is 14.8. The smallest absolute Gasteiger partial charge is 0.358 e.